The minimum absolute atomic E-state index is 0.247. The zero-order chi connectivity index (χ0) is 15.2. The van der Waals surface area contributed by atoms with Crippen molar-refractivity contribution in [3.63, 3.8) is 0 Å². The summed E-state index contributed by atoms with van der Waals surface area (Å²) in [4.78, 5) is 8.96. The van der Waals surface area contributed by atoms with E-state index in [-0.39, 0.29) is 6.04 Å². The molecule has 1 N–H and O–H groups in total. The van der Waals surface area contributed by atoms with Crippen LogP contribution >= 0.6 is 0 Å². The average Bonchev–Trinajstić information content (AvgIpc) is 2.50. The van der Waals surface area contributed by atoms with E-state index in [4.69, 9.17) is 4.74 Å². The summed E-state index contributed by atoms with van der Waals surface area (Å²) < 4.78 is 5.90. The highest BCUT2D eigenvalue weighted by molar-refractivity contribution is 5.34. The molecule has 0 spiro atoms. The second kappa shape index (κ2) is 7.18. The summed E-state index contributed by atoms with van der Waals surface area (Å²) in [6, 6.07) is 8.13. The quantitative estimate of drug-likeness (QED) is 0.876. The minimum atomic E-state index is 0.247. The zero-order valence-corrected chi connectivity index (χ0v) is 13.2. The van der Waals surface area contributed by atoms with Crippen LogP contribution in [0.1, 0.15) is 43.9 Å². The normalized spacial score (nSPS) is 12.2. The van der Waals surface area contributed by atoms with Gasteiger partial charge in [0.05, 0.1) is 17.6 Å². The van der Waals surface area contributed by atoms with Gasteiger partial charge in [0.1, 0.15) is 11.5 Å². The lowest BCUT2D eigenvalue weighted by Crippen LogP contribution is -2.18. The van der Waals surface area contributed by atoms with E-state index in [1.807, 2.05) is 31.2 Å². The number of nitrogens with zero attached hydrogens (tertiary/aromatic N) is 2. The van der Waals surface area contributed by atoms with E-state index < -0.39 is 0 Å². The molecule has 0 aromatic carbocycles. The van der Waals surface area contributed by atoms with Crippen LogP contribution in [0.25, 0.3) is 0 Å². The molecule has 1 unspecified atom stereocenters. The Morgan fingerprint density at radius 1 is 1.19 bits per heavy atom. The van der Waals surface area contributed by atoms with Gasteiger partial charge < -0.3 is 10.1 Å². The molecule has 1 atom stereocenters. The number of nitrogens with one attached hydrogen (secondary N) is 1. The molecule has 2 aromatic rings. The summed E-state index contributed by atoms with van der Waals surface area (Å²) in [7, 11) is 0. The van der Waals surface area contributed by atoms with Crippen LogP contribution in [0.4, 0.5) is 0 Å². The Morgan fingerprint density at radius 2 is 2.00 bits per heavy atom. The molecular weight excluding hydrogens is 262 g/mol. The smallest absolute Gasteiger partial charge is 0.148 e. The van der Waals surface area contributed by atoms with Gasteiger partial charge in [0, 0.05) is 11.7 Å². The van der Waals surface area contributed by atoms with E-state index in [0.717, 1.165) is 41.5 Å². The van der Waals surface area contributed by atoms with Crippen molar-refractivity contribution in [1.82, 2.24) is 15.3 Å². The van der Waals surface area contributed by atoms with Crippen molar-refractivity contribution in [2.45, 2.75) is 40.2 Å². The highest BCUT2D eigenvalue weighted by Crippen LogP contribution is 2.25. The monoisotopic (exact) mass is 285 g/mol. The fourth-order valence-electron chi connectivity index (χ4n) is 2.19. The number of hydrogen-bond donors (Lipinski definition) is 1. The van der Waals surface area contributed by atoms with Gasteiger partial charge in [-0.05, 0) is 51.1 Å². The third kappa shape index (κ3) is 4.02. The molecular formula is C17H23N3O. The molecule has 4 nitrogen and oxygen atoms in total. The van der Waals surface area contributed by atoms with Crippen LogP contribution < -0.4 is 10.1 Å². The van der Waals surface area contributed by atoms with Gasteiger partial charge in [-0.1, -0.05) is 13.8 Å². The summed E-state index contributed by atoms with van der Waals surface area (Å²) in [5.41, 5.74) is 2.99. The van der Waals surface area contributed by atoms with Crippen LogP contribution in [0.2, 0.25) is 0 Å². The van der Waals surface area contributed by atoms with Gasteiger partial charge in [0.15, 0.2) is 0 Å². The maximum atomic E-state index is 5.90. The van der Waals surface area contributed by atoms with Gasteiger partial charge >= 0.3 is 0 Å². The number of aryl methyl sites for hydroxylation is 2. The number of ether oxygens (including phenoxy) is 1. The third-order valence-electron chi connectivity index (χ3n) is 3.35. The van der Waals surface area contributed by atoms with E-state index >= 15 is 0 Å². The Labute approximate surface area is 126 Å². The fourth-order valence-corrected chi connectivity index (χ4v) is 2.19. The molecule has 0 fully saturated rings. The molecule has 0 aliphatic heterocycles. The lowest BCUT2D eigenvalue weighted by Gasteiger charge is -2.13. The standard InChI is InChI=1S/C17H23N3O/c1-5-15-17(10-7-12(3)20-15)21-14-8-9-16(19-11-14)13(4)18-6-2/h7-11,13,18H,5-6H2,1-4H3. The first-order valence-corrected chi connectivity index (χ1v) is 7.47. The molecule has 0 radical (unpaired) electrons. The Balaban J connectivity index is 2.13. The van der Waals surface area contributed by atoms with Gasteiger partial charge in [-0.25, -0.2) is 0 Å². The zero-order valence-electron chi connectivity index (χ0n) is 13.2. The van der Waals surface area contributed by atoms with E-state index in [1.165, 1.54) is 0 Å². The second-order valence-electron chi connectivity index (χ2n) is 5.05. The highest BCUT2D eigenvalue weighted by atomic mass is 16.5. The van der Waals surface area contributed by atoms with E-state index in [1.54, 1.807) is 6.20 Å². The molecule has 2 rings (SSSR count). The van der Waals surface area contributed by atoms with Crippen molar-refractivity contribution < 1.29 is 4.74 Å². The maximum Gasteiger partial charge on any atom is 0.148 e. The summed E-state index contributed by atoms with van der Waals surface area (Å²) in [6.45, 7) is 9.18. The SMILES string of the molecule is CCNC(C)c1ccc(Oc2ccc(C)nc2CC)cn1. The number of aromatic nitrogens is 2. The number of rotatable bonds is 6. The third-order valence-corrected chi connectivity index (χ3v) is 3.35. The molecule has 0 amide bonds. The molecule has 0 aliphatic rings. The fraction of sp³-hybridized carbons (Fsp3) is 0.412. The topological polar surface area (TPSA) is 47.0 Å². The van der Waals surface area contributed by atoms with Crippen molar-refractivity contribution >= 4 is 0 Å². The average molecular weight is 285 g/mol. The second-order valence-corrected chi connectivity index (χ2v) is 5.05. The van der Waals surface area contributed by atoms with Gasteiger partial charge in [0.2, 0.25) is 0 Å². The van der Waals surface area contributed by atoms with Crippen LogP contribution in [0, 0.1) is 6.92 Å². The van der Waals surface area contributed by atoms with Crippen molar-refractivity contribution in [3.05, 3.63) is 47.5 Å². The van der Waals surface area contributed by atoms with E-state index in [0.29, 0.717) is 0 Å². The minimum Gasteiger partial charge on any atom is -0.454 e. The van der Waals surface area contributed by atoms with Crippen LogP contribution in [-0.4, -0.2) is 16.5 Å². The van der Waals surface area contributed by atoms with E-state index in [9.17, 15) is 0 Å². The molecule has 0 saturated heterocycles. The van der Waals surface area contributed by atoms with Crippen LogP contribution in [0.3, 0.4) is 0 Å². The van der Waals surface area contributed by atoms with Gasteiger partial charge in [-0.3, -0.25) is 9.97 Å². The van der Waals surface area contributed by atoms with Gasteiger partial charge in [0.25, 0.3) is 0 Å². The van der Waals surface area contributed by atoms with Crippen molar-refractivity contribution in [2.24, 2.45) is 0 Å². The maximum absolute atomic E-state index is 5.90. The Morgan fingerprint density at radius 3 is 2.62 bits per heavy atom. The summed E-state index contributed by atoms with van der Waals surface area (Å²) in [5.74, 6) is 1.54. The van der Waals surface area contributed by atoms with Gasteiger partial charge in [-0.2, -0.15) is 0 Å². The number of hydrogen-bond acceptors (Lipinski definition) is 4. The van der Waals surface area contributed by atoms with Crippen LogP contribution in [-0.2, 0) is 6.42 Å². The van der Waals surface area contributed by atoms with Crippen LogP contribution in [0.15, 0.2) is 30.5 Å². The first-order chi connectivity index (χ1) is 10.1. The number of pyridine rings is 2. The largest absolute Gasteiger partial charge is 0.454 e. The molecule has 2 aromatic heterocycles. The van der Waals surface area contributed by atoms with Crippen molar-refractivity contribution in [2.75, 3.05) is 6.54 Å². The first kappa shape index (κ1) is 15.4. The molecule has 4 heteroatoms. The summed E-state index contributed by atoms with van der Waals surface area (Å²) in [5, 5.41) is 3.34. The summed E-state index contributed by atoms with van der Waals surface area (Å²) >= 11 is 0. The van der Waals surface area contributed by atoms with Crippen molar-refractivity contribution in [1.29, 1.82) is 0 Å². The van der Waals surface area contributed by atoms with Crippen molar-refractivity contribution in [3.8, 4) is 11.5 Å². The van der Waals surface area contributed by atoms with Gasteiger partial charge in [-0.15, -0.1) is 0 Å². The molecule has 112 valence electrons. The van der Waals surface area contributed by atoms with E-state index in [2.05, 4.69) is 36.1 Å². The predicted octanol–water partition coefficient (Wildman–Crippen LogP) is 3.81. The first-order valence-electron chi connectivity index (χ1n) is 7.47. The van der Waals surface area contributed by atoms with Crippen LogP contribution in [0.5, 0.6) is 11.5 Å². The lowest BCUT2D eigenvalue weighted by molar-refractivity contribution is 0.468. The molecule has 0 aliphatic carbocycles. The molecule has 2 heterocycles. The highest BCUT2D eigenvalue weighted by Gasteiger charge is 2.08. The Hall–Kier alpha value is -1.94. The molecule has 21 heavy (non-hydrogen) atoms. The molecule has 0 saturated carbocycles. The molecule has 0 bridgehead atoms. The Bertz CT molecular complexity index is 581. The summed E-state index contributed by atoms with van der Waals surface area (Å²) in [6.07, 6.45) is 2.61. The predicted molar refractivity (Wildman–Crippen MR) is 84.8 cm³/mol. The lowest BCUT2D eigenvalue weighted by atomic mass is 10.2. The Kier molecular flexibility index (Phi) is 5.28.